The maximum atomic E-state index is 12.2. The van der Waals surface area contributed by atoms with E-state index in [0.29, 0.717) is 17.0 Å². The second kappa shape index (κ2) is 10.6. The minimum atomic E-state index is -0.255. The number of carbonyl (C=O) groups is 1. The number of carbonyl (C=O) groups excluding carboxylic acids is 1. The van der Waals surface area contributed by atoms with Crippen LogP contribution in [0, 0.1) is 0 Å². The van der Waals surface area contributed by atoms with Crippen molar-refractivity contribution in [2.45, 2.75) is 12.5 Å². The van der Waals surface area contributed by atoms with Crippen molar-refractivity contribution < 1.29 is 4.79 Å². The number of para-hydroxylation sites is 1. The van der Waals surface area contributed by atoms with Crippen LogP contribution in [0.15, 0.2) is 79.5 Å². The highest BCUT2D eigenvalue weighted by Gasteiger charge is 2.26. The molecule has 37 heavy (non-hydrogen) atoms. The lowest BCUT2D eigenvalue weighted by Crippen LogP contribution is -2.31. The lowest BCUT2D eigenvalue weighted by atomic mass is 10.0. The number of fused-ring (bicyclic) bond motifs is 1. The van der Waals surface area contributed by atoms with Gasteiger partial charge in [0.25, 0.3) is 0 Å². The Morgan fingerprint density at radius 1 is 1.16 bits per heavy atom. The zero-order chi connectivity index (χ0) is 25.9. The summed E-state index contributed by atoms with van der Waals surface area (Å²) in [5.74, 6) is 0.208. The number of halogens is 1. The SMILES string of the molecule is C=CC(=O)Nc1cc(Nc2ncc3cccc(-c4cccc(Cl)c4)c3n2)ccc1N1CCC(N(C)C)C1. The van der Waals surface area contributed by atoms with E-state index < -0.39 is 0 Å². The molecule has 2 heterocycles. The minimum Gasteiger partial charge on any atom is -0.368 e. The molecule has 0 aliphatic carbocycles. The number of amides is 1. The number of rotatable bonds is 7. The van der Waals surface area contributed by atoms with Gasteiger partial charge in [0.2, 0.25) is 11.9 Å². The number of aromatic nitrogens is 2. The summed E-state index contributed by atoms with van der Waals surface area (Å²) in [7, 11) is 4.20. The smallest absolute Gasteiger partial charge is 0.247 e. The first kappa shape index (κ1) is 24.7. The van der Waals surface area contributed by atoms with E-state index in [1.165, 1.54) is 6.08 Å². The third-order valence-electron chi connectivity index (χ3n) is 6.68. The number of hydrogen-bond acceptors (Lipinski definition) is 6. The number of nitrogens with zero attached hydrogens (tertiary/aromatic N) is 4. The first-order chi connectivity index (χ1) is 17.9. The lowest BCUT2D eigenvalue weighted by molar-refractivity contribution is -0.111. The predicted molar refractivity (Wildman–Crippen MR) is 153 cm³/mol. The van der Waals surface area contributed by atoms with E-state index in [0.717, 1.165) is 58.6 Å². The summed E-state index contributed by atoms with van der Waals surface area (Å²) in [6.07, 6.45) is 4.15. The van der Waals surface area contributed by atoms with Crippen LogP contribution in [-0.4, -0.2) is 54.0 Å². The molecule has 1 aliphatic heterocycles. The number of benzene rings is 3. The van der Waals surface area contributed by atoms with Crippen LogP contribution in [-0.2, 0) is 4.79 Å². The van der Waals surface area contributed by atoms with Gasteiger partial charge >= 0.3 is 0 Å². The fourth-order valence-electron chi connectivity index (χ4n) is 4.69. The molecular formula is C29H29ClN6O. The molecule has 0 saturated carbocycles. The Bertz CT molecular complexity index is 1470. The van der Waals surface area contributed by atoms with Crippen molar-refractivity contribution in [3.63, 3.8) is 0 Å². The molecule has 188 valence electrons. The number of hydrogen-bond donors (Lipinski definition) is 2. The minimum absolute atomic E-state index is 0.255. The Morgan fingerprint density at radius 2 is 2.00 bits per heavy atom. The van der Waals surface area contributed by atoms with Crippen molar-refractivity contribution >= 4 is 51.4 Å². The zero-order valence-corrected chi connectivity index (χ0v) is 21.7. The molecular weight excluding hydrogens is 484 g/mol. The van der Waals surface area contributed by atoms with Crippen molar-refractivity contribution in [3.8, 4) is 11.1 Å². The predicted octanol–water partition coefficient (Wildman–Crippen LogP) is 5.96. The fraction of sp³-hybridized carbons (Fsp3) is 0.207. The summed E-state index contributed by atoms with van der Waals surface area (Å²) in [6.45, 7) is 5.42. The Hall–Kier alpha value is -3.94. The van der Waals surface area contributed by atoms with E-state index in [-0.39, 0.29) is 5.91 Å². The van der Waals surface area contributed by atoms with Crippen LogP contribution in [0.3, 0.4) is 0 Å². The molecule has 4 aromatic rings. The van der Waals surface area contributed by atoms with Gasteiger partial charge in [0, 0.05) is 47.0 Å². The molecule has 0 spiro atoms. The quantitative estimate of drug-likeness (QED) is 0.298. The largest absolute Gasteiger partial charge is 0.368 e. The highest BCUT2D eigenvalue weighted by molar-refractivity contribution is 6.30. The number of likely N-dealkylation sites (N-methyl/N-ethyl adjacent to an activating group) is 1. The highest BCUT2D eigenvalue weighted by atomic mass is 35.5. The van der Waals surface area contributed by atoms with Crippen molar-refractivity contribution in [3.05, 3.63) is 84.5 Å². The first-order valence-corrected chi connectivity index (χ1v) is 12.6. The van der Waals surface area contributed by atoms with Crippen LogP contribution in [0.2, 0.25) is 5.02 Å². The van der Waals surface area contributed by atoms with Gasteiger partial charge < -0.3 is 20.4 Å². The zero-order valence-electron chi connectivity index (χ0n) is 20.9. The Balaban J connectivity index is 1.47. The first-order valence-electron chi connectivity index (χ1n) is 12.2. The molecule has 2 N–H and O–H groups in total. The van der Waals surface area contributed by atoms with Gasteiger partial charge in [-0.3, -0.25) is 4.79 Å². The summed E-state index contributed by atoms with van der Waals surface area (Å²) in [5.41, 5.74) is 5.26. The van der Waals surface area contributed by atoms with E-state index in [1.54, 1.807) is 6.20 Å². The van der Waals surface area contributed by atoms with E-state index in [1.807, 2.05) is 60.7 Å². The molecule has 7 nitrogen and oxygen atoms in total. The average Bonchev–Trinajstić information content (AvgIpc) is 3.39. The van der Waals surface area contributed by atoms with Crippen molar-refractivity contribution in [2.75, 3.05) is 42.7 Å². The van der Waals surface area contributed by atoms with Gasteiger partial charge in [-0.2, -0.15) is 0 Å². The third kappa shape index (κ3) is 5.43. The molecule has 1 amide bonds. The second-order valence-electron chi connectivity index (χ2n) is 9.35. The molecule has 1 saturated heterocycles. The van der Waals surface area contributed by atoms with Gasteiger partial charge in [0.05, 0.1) is 16.9 Å². The molecule has 0 bridgehead atoms. The monoisotopic (exact) mass is 512 g/mol. The summed E-state index contributed by atoms with van der Waals surface area (Å²) in [5, 5.41) is 7.88. The number of nitrogens with one attached hydrogen (secondary N) is 2. The second-order valence-corrected chi connectivity index (χ2v) is 9.79. The van der Waals surface area contributed by atoms with Gasteiger partial charge in [-0.25, -0.2) is 9.97 Å². The topological polar surface area (TPSA) is 73.4 Å². The van der Waals surface area contributed by atoms with Crippen LogP contribution in [0.4, 0.5) is 23.0 Å². The van der Waals surface area contributed by atoms with Crippen LogP contribution in [0.25, 0.3) is 22.0 Å². The molecule has 1 fully saturated rings. The van der Waals surface area contributed by atoms with Crippen LogP contribution < -0.4 is 15.5 Å². The maximum absolute atomic E-state index is 12.2. The Kier molecular flexibility index (Phi) is 7.08. The maximum Gasteiger partial charge on any atom is 0.247 e. The summed E-state index contributed by atoms with van der Waals surface area (Å²) in [6, 6.07) is 20.1. The fourth-order valence-corrected chi connectivity index (χ4v) is 4.88. The molecule has 1 aromatic heterocycles. The Labute approximate surface area is 221 Å². The molecule has 0 radical (unpaired) electrons. The van der Waals surface area contributed by atoms with Gasteiger partial charge in [-0.05, 0) is 62.5 Å². The van der Waals surface area contributed by atoms with Crippen LogP contribution in [0.5, 0.6) is 0 Å². The molecule has 1 atom stereocenters. The standard InChI is InChI=1S/C29H29ClN6O/c1-4-27(37)33-25-16-22(11-12-26(25)36-14-13-23(18-36)35(2)3)32-29-31-17-20-8-6-10-24(28(20)34-29)19-7-5-9-21(30)15-19/h4-12,15-17,23H,1,13-14,18H2,2-3H3,(H,33,37)(H,31,32,34). The number of anilines is 4. The molecule has 1 aliphatic rings. The Morgan fingerprint density at radius 3 is 2.76 bits per heavy atom. The van der Waals surface area contributed by atoms with Gasteiger partial charge in [-0.1, -0.05) is 48.5 Å². The summed E-state index contributed by atoms with van der Waals surface area (Å²) >= 11 is 6.24. The lowest BCUT2D eigenvalue weighted by Gasteiger charge is -2.24. The van der Waals surface area contributed by atoms with Crippen molar-refractivity contribution in [2.24, 2.45) is 0 Å². The highest BCUT2D eigenvalue weighted by Crippen LogP contribution is 2.34. The van der Waals surface area contributed by atoms with Gasteiger partial charge in [0.15, 0.2) is 0 Å². The molecule has 5 rings (SSSR count). The summed E-state index contributed by atoms with van der Waals surface area (Å²) in [4.78, 5) is 26.1. The van der Waals surface area contributed by atoms with Gasteiger partial charge in [0.1, 0.15) is 0 Å². The van der Waals surface area contributed by atoms with E-state index >= 15 is 0 Å². The molecule has 8 heteroatoms. The third-order valence-corrected chi connectivity index (χ3v) is 6.91. The molecule has 3 aromatic carbocycles. The normalized spacial score (nSPS) is 15.2. The van der Waals surface area contributed by atoms with Crippen molar-refractivity contribution in [1.82, 2.24) is 14.9 Å². The summed E-state index contributed by atoms with van der Waals surface area (Å²) < 4.78 is 0. The molecule has 1 unspecified atom stereocenters. The van der Waals surface area contributed by atoms with E-state index in [9.17, 15) is 4.79 Å². The van der Waals surface area contributed by atoms with Crippen LogP contribution in [0.1, 0.15) is 6.42 Å². The van der Waals surface area contributed by atoms with Gasteiger partial charge in [-0.15, -0.1) is 0 Å². The van der Waals surface area contributed by atoms with Crippen LogP contribution >= 0.6 is 11.6 Å². The van der Waals surface area contributed by atoms with E-state index in [2.05, 4.69) is 46.1 Å². The van der Waals surface area contributed by atoms with E-state index in [4.69, 9.17) is 16.6 Å². The average molecular weight is 513 g/mol. The van der Waals surface area contributed by atoms with Crippen molar-refractivity contribution in [1.29, 1.82) is 0 Å².